The number of nitriles is 1. The van der Waals surface area contributed by atoms with Gasteiger partial charge in [0.25, 0.3) is 15.9 Å². The molecule has 0 fully saturated rings. The summed E-state index contributed by atoms with van der Waals surface area (Å²) in [5.74, 6) is 6.26. The Morgan fingerprint density at radius 1 is 1.15 bits per heavy atom. The van der Waals surface area contributed by atoms with E-state index in [0.717, 1.165) is 5.56 Å². The van der Waals surface area contributed by atoms with Crippen molar-refractivity contribution in [1.29, 1.82) is 5.26 Å². The third-order valence-electron chi connectivity index (χ3n) is 5.69. The van der Waals surface area contributed by atoms with Gasteiger partial charge in [-0.3, -0.25) is 9.52 Å². The van der Waals surface area contributed by atoms with Crippen molar-refractivity contribution in [2.24, 2.45) is 0 Å². The zero-order valence-corrected chi connectivity index (χ0v) is 19.9. The predicted octanol–water partition coefficient (Wildman–Crippen LogP) is 3.73. The Morgan fingerprint density at radius 3 is 2.56 bits per heavy atom. The van der Waals surface area contributed by atoms with Crippen molar-refractivity contribution in [2.75, 3.05) is 4.72 Å². The molecular formula is C25H22N4O4S. The van der Waals surface area contributed by atoms with Gasteiger partial charge < -0.3 is 9.42 Å². The summed E-state index contributed by atoms with van der Waals surface area (Å²) in [6, 6.07) is 11.1. The molecule has 1 amide bonds. The molecule has 2 heterocycles. The van der Waals surface area contributed by atoms with Gasteiger partial charge in [0, 0.05) is 34.8 Å². The molecule has 1 N–H and O–H groups in total. The number of fused-ring (bicyclic) bond motifs is 1. The first-order valence-corrected chi connectivity index (χ1v) is 12.0. The molecule has 34 heavy (non-hydrogen) atoms. The van der Waals surface area contributed by atoms with Crippen molar-refractivity contribution in [3.05, 3.63) is 75.7 Å². The molecule has 1 aromatic heterocycles. The number of aryl methyl sites for hydroxylation is 1. The number of amides is 1. The molecule has 1 aliphatic rings. The van der Waals surface area contributed by atoms with Gasteiger partial charge in [0.1, 0.15) is 5.76 Å². The SMILES string of the molecule is Cc1onc(C#Cc2cccc(S(=O)(=O)Nc3cc(C#N)cc4c3CN(C(C)C)C4=O)c2)c1C. The minimum atomic E-state index is -4.02. The van der Waals surface area contributed by atoms with Gasteiger partial charge in [-0.15, -0.1) is 0 Å². The largest absolute Gasteiger partial charge is 0.360 e. The predicted molar refractivity (Wildman–Crippen MR) is 125 cm³/mol. The molecule has 0 spiro atoms. The molecule has 2 aromatic carbocycles. The van der Waals surface area contributed by atoms with Crippen LogP contribution in [0.1, 0.15) is 57.9 Å². The third kappa shape index (κ3) is 4.26. The van der Waals surface area contributed by atoms with Crippen molar-refractivity contribution in [3.8, 4) is 17.9 Å². The zero-order chi connectivity index (χ0) is 24.6. The molecule has 172 valence electrons. The lowest BCUT2D eigenvalue weighted by atomic mass is 10.0. The van der Waals surface area contributed by atoms with Gasteiger partial charge in [-0.05, 0) is 63.9 Å². The number of hydrogen-bond acceptors (Lipinski definition) is 6. The van der Waals surface area contributed by atoms with Gasteiger partial charge in [0.15, 0.2) is 5.69 Å². The van der Waals surface area contributed by atoms with Gasteiger partial charge in [-0.2, -0.15) is 5.26 Å². The van der Waals surface area contributed by atoms with Crippen LogP contribution in [0.15, 0.2) is 45.8 Å². The van der Waals surface area contributed by atoms with Crippen molar-refractivity contribution in [2.45, 2.75) is 45.2 Å². The number of carbonyl (C=O) groups excluding carboxylic acids is 1. The van der Waals surface area contributed by atoms with Crippen LogP contribution in [0.3, 0.4) is 0 Å². The molecule has 0 bridgehead atoms. The average Bonchev–Trinajstić information content (AvgIpc) is 3.31. The van der Waals surface area contributed by atoms with Crippen LogP contribution < -0.4 is 4.72 Å². The Labute approximate surface area is 198 Å². The average molecular weight is 475 g/mol. The van der Waals surface area contributed by atoms with E-state index in [-0.39, 0.29) is 34.6 Å². The lowest BCUT2D eigenvalue weighted by Crippen LogP contribution is -2.30. The number of benzene rings is 2. The highest BCUT2D eigenvalue weighted by molar-refractivity contribution is 7.92. The van der Waals surface area contributed by atoms with Gasteiger partial charge in [0.2, 0.25) is 0 Å². The lowest BCUT2D eigenvalue weighted by molar-refractivity contribution is 0.0730. The van der Waals surface area contributed by atoms with E-state index < -0.39 is 10.0 Å². The van der Waals surface area contributed by atoms with Crippen LogP contribution in [0, 0.1) is 37.0 Å². The summed E-state index contributed by atoms with van der Waals surface area (Å²) in [5.41, 5.74) is 3.11. The molecule has 4 rings (SSSR count). The smallest absolute Gasteiger partial charge is 0.261 e. The Bertz CT molecular complexity index is 1520. The molecule has 0 unspecified atom stereocenters. The zero-order valence-electron chi connectivity index (χ0n) is 19.1. The fraction of sp³-hybridized carbons (Fsp3) is 0.240. The van der Waals surface area contributed by atoms with E-state index in [1.54, 1.807) is 24.0 Å². The Balaban J connectivity index is 1.68. The molecule has 3 aromatic rings. The van der Waals surface area contributed by atoms with E-state index in [1.807, 2.05) is 26.8 Å². The van der Waals surface area contributed by atoms with Gasteiger partial charge >= 0.3 is 0 Å². The van der Waals surface area contributed by atoms with Gasteiger partial charge in [-0.25, -0.2) is 8.42 Å². The van der Waals surface area contributed by atoms with Crippen LogP contribution in [-0.4, -0.2) is 30.4 Å². The quantitative estimate of drug-likeness (QED) is 0.576. The summed E-state index contributed by atoms with van der Waals surface area (Å²) >= 11 is 0. The molecule has 0 radical (unpaired) electrons. The summed E-state index contributed by atoms with van der Waals surface area (Å²) in [5, 5.41) is 13.3. The number of hydrogen-bond donors (Lipinski definition) is 1. The van der Waals surface area contributed by atoms with Crippen molar-refractivity contribution in [3.63, 3.8) is 0 Å². The van der Waals surface area contributed by atoms with Crippen molar-refractivity contribution < 1.29 is 17.7 Å². The van der Waals surface area contributed by atoms with Gasteiger partial charge in [0.05, 0.1) is 22.2 Å². The highest BCUT2D eigenvalue weighted by Crippen LogP contribution is 2.33. The maximum Gasteiger partial charge on any atom is 0.261 e. The summed E-state index contributed by atoms with van der Waals surface area (Å²) in [6.45, 7) is 7.66. The highest BCUT2D eigenvalue weighted by atomic mass is 32.2. The van der Waals surface area contributed by atoms with E-state index in [9.17, 15) is 18.5 Å². The standard InChI is InChI=1S/C25H22N4O4S/c1-15(2)29-14-22-21(25(29)30)11-19(13-26)12-24(22)28-34(31,32)20-7-5-6-18(10-20)8-9-23-16(3)17(4)33-27-23/h5-7,10-12,15,28H,14H2,1-4H3. The molecular weight excluding hydrogens is 452 g/mol. The number of sulfonamides is 1. The van der Waals surface area contributed by atoms with E-state index in [2.05, 4.69) is 21.7 Å². The Kier molecular flexibility index (Phi) is 5.90. The molecule has 0 atom stereocenters. The maximum absolute atomic E-state index is 13.2. The maximum atomic E-state index is 13.2. The molecule has 0 saturated heterocycles. The first-order valence-electron chi connectivity index (χ1n) is 10.6. The number of anilines is 1. The molecule has 0 saturated carbocycles. The third-order valence-corrected chi connectivity index (χ3v) is 7.06. The Hall–Kier alpha value is -4.08. The Morgan fingerprint density at radius 2 is 1.91 bits per heavy atom. The number of rotatable bonds is 4. The fourth-order valence-corrected chi connectivity index (χ4v) is 4.74. The van der Waals surface area contributed by atoms with E-state index in [4.69, 9.17) is 4.52 Å². The topological polar surface area (TPSA) is 116 Å². The highest BCUT2D eigenvalue weighted by Gasteiger charge is 2.32. The first kappa shape index (κ1) is 23.1. The van der Waals surface area contributed by atoms with Crippen LogP contribution in [0.4, 0.5) is 5.69 Å². The van der Waals surface area contributed by atoms with Gasteiger partial charge in [-0.1, -0.05) is 17.1 Å². The minimum Gasteiger partial charge on any atom is -0.360 e. The summed E-state index contributed by atoms with van der Waals surface area (Å²) < 4.78 is 34.1. The number of aromatic nitrogens is 1. The normalized spacial score (nSPS) is 12.8. The second kappa shape index (κ2) is 8.69. The summed E-state index contributed by atoms with van der Waals surface area (Å²) in [6.07, 6.45) is 0. The number of nitrogens with one attached hydrogen (secondary N) is 1. The fourth-order valence-electron chi connectivity index (χ4n) is 3.61. The molecule has 8 nitrogen and oxygen atoms in total. The number of carbonyl (C=O) groups is 1. The van der Waals surface area contributed by atoms with E-state index in [1.165, 1.54) is 24.3 Å². The van der Waals surface area contributed by atoms with Crippen molar-refractivity contribution >= 4 is 21.6 Å². The molecule has 1 aliphatic heterocycles. The van der Waals surface area contributed by atoms with Crippen LogP contribution in [-0.2, 0) is 16.6 Å². The monoisotopic (exact) mass is 474 g/mol. The lowest BCUT2D eigenvalue weighted by Gasteiger charge is -2.20. The van der Waals surface area contributed by atoms with Crippen LogP contribution in [0.2, 0.25) is 0 Å². The first-order chi connectivity index (χ1) is 16.1. The second-order valence-electron chi connectivity index (χ2n) is 8.28. The minimum absolute atomic E-state index is 0.00788. The summed E-state index contributed by atoms with van der Waals surface area (Å²) in [4.78, 5) is 14.4. The molecule has 0 aliphatic carbocycles. The van der Waals surface area contributed by atoms with Crippen LogP contribution in [0.25, 0.3) is 0 Å². The van der Waals surface area contributed by atoms with Crippen LogP contribution >= 0.6 is 0 Å². The van der Waals surface area contributed by atoms with E-state index in [0.29, 0.717) is 28.1 Å². The van der Waals surface area contributed by atoms with E-state index >= 15 is 0 Å². The summed E-state index contributed by atoms with van der Waals surface area (Å²) in [7, 11) is -4.02. The van der Waals surface area contributed by atoms with Crippen LogP contribution in [0.5, 0.6) is 0 Å². The molecule has 9 heteroatoms. The second-order valence-corrected chi connectivity index (χ2v) is 9.97. The van der Waals surface area contributed by atoms with Crippen molar-refractivity contribution in [1.82, 2.24) is 10.1 Å². The number of nitrogens with zero attached hydrogens (tertiary/aromatic N) is 3.